The van der Waals surface area contributed by atoms with Gasteiger partial charge in [0.05, 0.1) is 0 Å². The molecule has 1 aromatic heterocycles. The molecule has 0 aliphatic heterocycles. The highest BCUT2D eigenvalue weighted by atomic mass is 35.5. The third kappa shape index (κ3) is 1.08. The smallest absolute Gasteiger partial charge is 0.269 e. The van der Waals surface area contributed by atoms with Crippen LogP contribution in [0.1, 0.15) is 21.7 Å². The van der Waals surface area contributed by atoms with Crippen molar-refractivity contribution in [2.24, 2.45) is 5.73 Å². The van der Waals surface area contributed by atoms with Gasteiger partial charge < -0.3 is 5.73 Å². The SMILES string of the molecule is Cl.NC(=O)c1n[nH]c2c1C=C1C=C1C2. The van der Waals surface area contributed by atoms with Crippen LogP contribution in [-0.2, 0) is 6.42 Å². The summed E-state index contributed by atoms with van der Waals surface area (Å²) in [5.41, 5.74) is 9.92. The zero-order valence-electron chi connectivity index (χ0n) is 7.20. The normalized spacial score (nSPS) is 15.7. The monoisotopic (exact) mass is 209 g/mol. The Bertz CT molecular complexity index is 484. The van der Waals surface area contributed by atoms with Gasteiger partial charge in [-0.15, -0.1) is 12.4 Å². The van der Waals surface area contributed by atoms with E-state index >= 15 is 0 Å². The molecule has 0 unspecified atom stereocenters. The molecule has 5 heteroatoms. The fourth-order valence-electron chi connectivity index (χ4n) is 1.65. The third-order valence-electron chi connectivity index (χ3n) is 2.40. The van der Waals surface area contributed by atoms with Crippen molar-refractivity contribution in [2.45, 2.75) is 6.42 Å². The quantitative estimate of drug-likeness (QED) is 0.719. The lowest BCUT2D eigenvalue weighted by Crippen LogP contribution is -2.13. The van der Waals surface area contributed by atoms with E-state index < -0.39 is 5.91 Å². The van der Waals surface area contributed by atoms with Crippen LogP contribution in [0.15, 0.2) is 17.2 Å². The number of primary amides is 1. The van der Waals surface area contributed by atoms with Crippen LogP contribution < -0.4 is 5.73 Å². The Balaban J connectivity index is 0.000000750. The molecule has 2 aliphatic carbocycles. The van der Waals surface area contributed by atoms with Crippen LogP contribution in [-0.4, -0.2) is 16.1 Å². The Morgan fingerprint density at radius 1 is 1.50 bits per heavy atom. The van der Waals surface area contributed by atoms with Gasteiger partial charge in [-0.25, -0.2) is 0 Å². The predicted octanol–water partition coefficient (Wildman–Crippen LogP) is 0.810. The van der Waals surface area contributed by atoms with E-state index in [4.69, 9.17) is 5.73 Å². The van der Waals surface area contributed by atoms with Crippen LogP contribution in [0, 0.1) is 0 Å². The van der Waals surface area contributed by atoms with Crippen molar-refractivity contribution in [3.8, 4) is 0 Å². The lowest BCUT2D eigenvalue weighted by Gasteiger charge is -2.01. The van der Waals surface area contributed by atoms with Crippen LogP contribution in [0.5, 0.6) is 0 Å². The van der Waals surface area contributed by atoms with Gasteiger partial charge in [0.1, 0.15) is 0 Å². The molecule has 0 bridgehead atoms. The highest BCUT2D eigenvalue weighted by Crippen LogP contribution is 2.38. The van der Waals surface area contributed by atoms with Gasteiger partial charge in [-0.2, -0.15) is 5.10 Å². The molecule has 14 heavy (non-hydrogen) atoms. The number of hydrogen-bond acceptors (Lipinski definition) is 2. The molecular weight excluding hydrogens is 202 g/mol. The number of nitrogens with one attached hydrogen (secondary N) is 1. The fourth-order valence-corrected chi connectivity index (χ4v) is 1.65. The fraction of sp³-hybridized carbons (Fsp3) is 0.111. The molecule has 0 saturated carbocycles. The second-order valence-corrected chi connectivity index (χ2v) is 3.27. The molecular formula is C9H8ClN3O. The molecule has 0 radical (unpaired) electrons. The Morgan fingerprint density at radius 3 is 3.00 bits per heavy atom. The number of halogens is 1. The predicted molar refractivity (Wildman–Crippen MR) is 54.1 cm³/mol. The van der Waals surface area contributed by atoms with Crippen molar-refractivity contribution in [1.82, 2.24) is 10.2 Å². The summed E-state index contributed by atoms with van der Waals surface area (Å²) in [6, 6.07) is 0. The first-order valence-electron chi connectivity index (χ1n) is 4.05. The van der Waals surface area contributed by atoms with E-state index in [1.54, 1.807) is 0 Å². The van der Waals surface area contributed by atoms with Crippen LogP contribution in [0.4, 0.5) is 0 Å². The molecule has 72 valence electrons. The molecule has 1 heterocycles. The van der Waals surface area contributed by atoms with Crippen molar-refractivity contribution < 1.29 is 4.79 Å². The highest BCUT2D eigenvalue weighted by Gasteiger charge is 2.27. The number of allylic oxidation sites excluding steroid dienone is 3. The molecule has 0 spiro atoms. The molecule has 0 aromatic carbocycles. The second-order valence-electron chi connectivity index (χ2n) is 3.27. The molecule has 0 saturated heterocycles. The summed E-state index contributed by atoms with van der Waals surface area (Å²) < 4.78 is 0. The number of rotatable bonds is 1. The Hall–Kier alpha value is -1.55. The minimum atomic E-state index is -0.474. The highest BCUT2D eigenvalue weighted by molar-refractivity contribution is 5.96. The topological polar surface area (TPSA) is 71.8 Å². The third-order valence-corrected chi connectivity index (χ3v) is 2.40. The van der Waals surface area contributed by atoms with E-state index in [-0.39, 0.29) is 12.4 Å². The summed E-state index contributed by atoms with van der Waals surface area (Å²) in [4.78, 5) is 10.9. The summed E-state index contributed by atoms with van der Waals surface area (Å²) in [7, 11) is 0. The summed E-state index contributed by atoms with van der Waals surface area (Å²) >= 11 is 0. The largest absolute Gasteiger partial charge is 0.364 e. The van der Waals surface area contributed by atoms with Gasteiger partial charge in [-0.1, -0.05) is 6.08 Å². The van der Waals surface area contributed by atoms with Crippen LogP contribution in [0.3, 0.4) is 0 Å². The summed E-state index contributed by atoms with van der Waals surface area (Å²) in [6.07, 6.45) is 4.90. The van der Waals surface area contributed by atoms with Gasteiger partial charge in [0.25, 0.3) is 5.91 Å². The van der Waals surface area contributed by atoms with Gasteiger partial charge in [0.15, 0.2) is 5.69 Å². The van der Waals surface area contributed by atoms with E-state index in [1.165, 1.54) is 11.1 Å². The van der Waals surface area contributed by atoms with Gasteiger partial charge in [-0.3, -0.25) is 9.89 Å². The number of nitrogens with zero attached hydrogens (tertiary/aromatic N) is 1. The minimum absolute atomic E-state index is 0. The number of hydrogen-bond donors (Lipinski definition) is 2. The number of aromatic nitrogens is 2. The first kappa shape index (κ1) is 9.02. The molecule has 3 N–H and O–H groups in total. The molecule has 4 nitrogen and oxygen atoms in total. The number of nitrogens with two attached hydrogens (primary N) is 1. The number of H-pyrrole nitrogens is 1. The number of fused-ring (bicyclic) bond motifs is 2. The number of carbonyl (C=O) groups excluding carboxylic acids is 1. The minimum Gasteiger partial charge on any atom is -0.364 e. The molecule has 1 aromatic rings. The second kappa shape index (κ2) is 2.72. The Labute approximate surface area is 86.3 Å². The average Bonchev–Trinajstić information content (AvgIpc) is 2.70. The van der Waals surface area contributed by atoms with Gasteiger partial charge in [-0.05, 0) is 17.2 Å². The van der Waals surface area contributed by atoms with E-state index in [9.17, 15) is 4.79 Å². The molecule has 2 aliphatic rings. The van der Waals surface area contributed by atoms with Gasteiger partial charge in [0.2, 0.25) is 0 Å². The van der Waals surface area contributed by atoms with Crippen molar-refractivity contribution in [1.29, 1.82) is 0 Å². The summed E-state index contributed by atoms with van der Waals surface area (Å²) in [6.45, 7) is 0. The summed E-state index contributed by atoms with van der Waals surface area (Å²) in [5, 5.41) is 6.71. The molecule has 0 fully saturated rings. The first-order valence-corrected chi connectivity index (χ1v) is 4.05. The van der Waals surface area contributed by atoms with E-state index in [2.05, 4.69) is 16.3 Å². The average molecular weight is 210 g/mol. The number of carbonyl (C=O) groups is 1. The van der Waals surface area contributed by atoms with Crippen LogP contribution in [0.25, 0.3) is 6.08 Å². The maximum Gasteiger partial charge on any atom is 0.269 e. The van der Waals surface area contributed by atoms with E-state index in [0.717, 1.165) is 17.7 Å². The van der Waals surface area contributed by atoms with Crippen LogP contribution >= 0.6 is 12.4 Å². The van der Waals surface area contributed by atoms with E-state index in [1.807, 2.05) is 6.08 Å². The standard InChI is InChI=1S/C9H7N3O.ClH/c10-9(13)8-6-2-4-1-5(4)3-7(6)11-12-8;/h1-2H,3H2,(H2,10,13)(H,11,12);1H. The molecule has 3 rings (SSSR count). The zero-order valence-corrected chi connectivity index (χ0v) is 8.02. The van der Waals surface area contributed by atoms with Crippen molar-refractivity contribution in [2.75, 3.05) is 0 Å². The van der Waals surface area contributed by atoms with Crippen molar-refractivity contribution in [3.05, 3.63) is 34.2 Å². The van der Waals surface area contributed by atoms with Crippen LogP contribution in [0.2, 0.25) is 0 Å². The lowest BCUT2D eigenvalue weighted by atomic mass is 10.0. The number of aromatic amines is 1. The molecule has 1 amide bonds. The van der Waals surface area contributed by atoms with Crippen molar-refractivity contribution in [3.63, 3.8) is 0 Å². The van der Waals surface area contributed by atoms with Gasteiger partial charge in [0, 0.05) is 17.7 Å². The van der Waals surface area contributed by atoms with Crippen molar-refractivity contribution >= 4 is 24.4 Å². The number of amides is 1. The molecule has 0 atom stereocenters. The zero-order chi connectivity index (χ0) is 9.00. The maximum absolute atomic E-state index is 10.9. The first-order chi connectivity index (χ1) is 6.25. The summed E-state index contributed by atoms with van der Waals surface area (Å²) in [5.74, 6) is -0.474. The van der Waals surface area contributed by atoms with Gasteiger partial charge >= 0.3 is 0 Å². The maximum atomic E-state index is 10.9. The van der Waals surface area contributed by atoms with E-state index in [0.29, 0.717) is 5.69 Å². The Kier molecular flexibility index (Phi) is 1.75. The Morgan fingerprint density at radius 2 is 2.29 bits per heavy atom. The lowest BCUT2D eigenvalue weighted by molar-refractivity contribution is 0.0995.